The number of hydrogen-bond acceptors (Lipinski definition) is 4. The summed E-state index contributed by atoms with van der Waals surface area (Å²) in [5.74, 6) is -0.0272. The van der Waals surface area contributed by atoms with E-state index in [-0.39, 0.29) is 17.7 Å². The molecule has 0 unspecified atom stereocenters. The molecule has 2 N–H and O–H groups in total. The SMILES string of the molecule is COCCN1C(=O)c2[nH]nc(-c3ccccc3O)c2[C@@H]1c1ccc(Cl)cc1. The van der Waals surface area contributed by atoms with E-state index in [2.05, 4.69) is 10.2 Å². The molecule has 6 nitrogen and oxygen atoms in total. The second-order valence-electron chi connectivity index (χ2n) is 6.32. The first-order chi connectivity index (χ1) is 13.1. The number of hydrogen-bond donors (Lipinski definition) is 2. The van der Waals surface area contributed by atoms with Crippen LogP contribution in [0.5, 0.6) is 5.75 Å². The van der Waals surface area contributed by atoms with E-state index < -0.39 is 0 Å². The van der Waals surface area contributed by atoms with Crippen molar-refractivity contribution in [3.63, 3.8) is 0 Å². The third kappa shape index (κ3) is 2.97. The molecular formula is C20H18ClN3O3. The van der Waals surface area contributed by atoms with Gasteiger partial charge in [0.25, 0.3) is 5.91 Å². The van der Waals surface area contributed by atoms with E-state index in [1.807, 2.05) is 18.2 Å². The Bertz CT molecular complexity index is 984. The van der Waals surface area contributed by atoms with Crippen LogP contribution < -0.4 is 0 Å². The number of amides is 1. The van der Waals surface area contributed by atoms with E-state index in [0.717, 1.165) is 11.1 Å². The normalized spacial score (nSPS) is 16.0. The number of carbonyl (C=O) groups excluding carboxylic acids is 1. The van der Waals surface area contributed by atoms with Gasteiger partial charge in [-0.2, -0.15) is 5.10 Å². The minimum Gasteiger partial charge on any atom is -0.507 e. The maximum atomic E-state index is 13.0. The molecule has 0 saturated heterocycles. The summed E-state index contributed by atoms with van der Waals surface area (Å²) in [6.45, 7) is 0.852. The smallest absolute Gasteiger partial charge is 0.273 e. The number of aromatic amines is 1. The molecule has 1 amide bonds. The van der Waals surface area contributed by atoms with Crippen LogP contribution in [0.2, 0.25) is 5.02 Å². The molecule has 1 aromatic heterocycles. The molecule has 0 aliphatic carbocycles. The van der Waals surface area contributed by atoms with Crippen molar-refractivity contribution < 1.29 is 14.6 Å². The molecule has 0 radical (unpaired) electrons. The van der Waals surface area contributed by atoms with Crippen LogP contribution in [0.1, 0.15) is 27.7 Å². The van der Waals surface area contributed by atoms with Crippen molar-refractivity contribution >= 4 is 17.5 Å². The lowest BCUT2D eigenvalue weighted by Crippen LogP contribution is -2.32. The van der Waals surface area contributed by atoms with Gasteiger partial charge in [-0.05, 0) is 29.8 Å². The summed E-state index contributed by atoms with van der Waals surface area (Å²) >= 11 is 6.04. The molecule has 1 aliphatic rings. The van der Waals surface area contributed by atoms with E-state index in [1.54, 1.807) is 42.3 Å². The third-order valence-corrected chi connectivity index (χ3v) is 5.00. The van der Waals surface area contributed by atoms with E-state index in [1.165, 1.54) is 0 Å². The first kappa shape index (κ1) is 17.6. The van der Waals surface area contributed by atoms with Crippen LogP contribution in [0.25, 0.3) is 11.3 Å². The minimum absolute atomic E-state index is 0.115. The van der Waals surface area contributed by atoms with Crippen molar-refractivity contribution in [2.24, 2.45) is 0 Å². The van der Waals surface area contributed by atoms with Gasteiger partial charge in [0.2, 0.25) is 0 Å². The number of ether oxygens (including phenoxy) is 1. The quantitative estimate of drug-likeness (QED) is 0.705. The van der Waals surface area contributed by atoms with E-state index >= 15 is 0 Å². The summed E-state index contributed by atoms with van der Waals surface area (Å²) in [6, 6.07) is 14.0. The molecule has 7 heteroatoms. The Hall–Kier alpha value is -2.83. The van der Waals surface area contributed by atoms with Crippen LogP contribution in [-0.2, 0) is 4.74 Å². The van der Waals surface area contributed by atoms with Crippen LogP contribution in [0.3, 0.4) is 0 Å². The highest BCUT2D eigenvalue weighted by Crippen LogP contribution is 2.44. The van der Waals surface area contributed by atoms with Gasteiger partial charge in [0.15, 0.2) is 0 Å². The van der Waals surface area contributed by atoms with Crippen LogP contribution in [-0.4, -0.2) is 46.4 Å². The van der Waals surface area contributed by atoms with E-state index in [9.17, 15) is 9.90 Å². The van der Waals surface area contributed by atoms with Crippen LogP contribution in [0.15, 0.2) is 48.5 Å². The number of aromatic hydroxyl groups is 1. The molecule has 2 heterocycles. The van der Waals surface area contributed by atoms with Crippen LogP contribution in [0, 0.1) is 0 Å². The lowest BCUT2D eigenvalue weighted by molar-refractivity contribution is 0.0677. The fraction of sp³-hybridized carbons (Fsp3) is 0.200. The van der Waals surface area contributed by atoms with Crippen molar-refractivity contribution in [2.45, 2.75) is 6.04 Å². The number of aromatic nitrogens is 2. The molecule has 1 atom stereocenters. The lowest BCUT2D eigenvalue weighted by Gasteiger charge is -2.26. The summed E-state index contributed by atoms with van der Waals surface area (Å²) in [7, 11) is 1.60. The Kier molecular flexibility index (Phi) is 4.59. The summed E-state index contributed by atoms with van der Waals surface area (Å²) in [5.41, 5.74) is 3.25. The molecule has 2 aromatic carbocycles. The Labute approximate surface area is 161 Å². The highest BCUT2D eigenvalue weighted by molar-refractivity contribution is 6.30. The van der Waals surface area contributed by atoms with Crippen molar-refractivity contribution in [3.8, 4) is 17.0 Å². The number of phenolic OH excluding ortho intramolecular Hbond substituents is 1. The van der Waals surface area contributed by atoms with E-state index in [0.29, 0.717) is 35.1 Å². The van der Waals surface area contributed by atoms with Gasteiger partial charge in [-0.15, -0.1) is 0 Å². The maximum Gasteiger partial charge on any atom is 0.273 e. The molecule has 27 heavy (non-hydrogen) atoms. The molecule has 4 rings (SSSR count). The predicted octanol–water partition coefficient (Wildman–Crippen LogP) is 3.63. The Morgan fingerprint density at radius 3 is 2.67 bits per heavy atom. The number of H-pyrrole nitrogens is 1. The Morgan fingerprint density at radius 1 is 1.22 bits per heavy atom. The number of carbonyl (C=O) groups is 1. The summed E-state index contributed by atoms with van der Waals surface area (Å²) in [4.78, 5) is 14.7. The second kappa shape index (κ2) is 7.06. The predicted molar refractivity (Wildman–Crippen MR) is 102 cm³/mol. The zero-order chi connectivity index (χ0) is 19.0. The fourth-order valence-corrected chi connectivity index (χ4v) is 3.61. The average Bonchev–Trinajstić information content (AvgIpc) is 3.21. The number of fused-ring (bicyclic) bond motifs is 1. The van der Waals surface area contributed by atoms with Crippen molar-refractivity contribution in [1.82, 2.24) is 15.1 Å². The highest BCUT2D eigenvalue weighted by Gasteiger charge is 2.42. The summed E-state index contributed by atoms with van der Waals surface area (Å²) < 4.78 is 5.18. The van der Waals surface area contributed by atoms with Gasteiger partial charge >= 0.3 is 0 Å². The average molecular weight is 384 g/mol. The third-order valence-electron chi connectivity index (χ3n) is 4.75. The second-order valence-corrected chi connectivity index (χ2v) is 6.76. The van der Waals surface area contributed by atoms with Gasteiger partial charge in [-0.1, -0.05) is 35.9 Å². The van der Waals surface area contributed by atoms with Crippen molar-refractivity contribution in [3.05, 3.63) is 70.4 Å². The van der Waals surface area contributed by atoms with Crippen molar-refractivity contribution in [2.75, 3.05) is 20.3 Å². The summed E-state index contributed by atoms with van der Waals surface area (Å²) in [6.07, 6.45) is 0. The molecule has 0 spiro atoms. The number of rotatable bonds is 5. The molecule has 0 bridgehead atoms. The first-order valence-corrected chi connectivity index (χ1v) is 8.91. The minimum atomic E-state index is -0.340. The fourth-order valence-electron chi connectivity index (χ4n) is 3.49. The highest BCUT2D eigenvalue weighted by atomic mass is 35.5. The Morgan fingerprint density at radius 2 is 1.96 bits per heavy atom. The maximum absolute atomic E-state index is 13.0. The number of nitrogens with one attached hydrogen (secondary N) is 1. The Balaban J connectivity index is 1.88. The molecular weight excluding hydrogens is 366 g/mol. The summed E-state index contributed by atoms with van der Waals surface area (Å²) in [5, 5.41) is 18.1. The zero-order valence-corrected chi connectivity index (χ0v) is 15.4. The van der Waals surface area contributed by atoms with Gasteiger partial charge in [0.05, 0.1) is 12.6 Å². The number of phenols is 1. The van der Waals surface area contributed by atoms with Crippen molar-refractivity contribution in [1.29, 1.82) is 0 Å². The largest absolute Gasteiger partial charge is 0.507 e. The van der Waals surface area contributed by atoms with E-state index in [4.69, 9.17) is 16.3 Å². The number of nitrogens with zero attached hydrogens (tertiary/aromatic N) is 2. The van der Waals surface area contributed by atoms with Gasteiger partial charge in [-0.3, -0.25) is 9.89 Å². The lowest BCUT2D eigenvalue weighted by atomic mass is 9.96. The molecule has 0 fully saturated rings. The van der Waals surface area contributed by atoms with Gasteiger partial charge in [0.1, 0.15) is 17.1 Å². The van der Waals surface area contributed by atoms with Gasteiger partial charge in [-0.25, -0.2) is 0 Å². The number of para-hydroxylation sites is 1. The van der Waals surface area contributed by atoms with Gasteiger partial charge < -0.3 is 14.7 Å². The topological polar surface area (TPSA) is 78.5 Å². The monoisotopic (exact) mass is 383 g/mol. The molecule has 1 aliphatic heterocycles. The molecule has 138 valence electrons. The zero-order valence-electron chi connectivity index (χ0n) is 14.6. The molecule has 0 saturated carbocycles. The standard InChI is InChI=1S/C20H18ClN3O3/c1-27-11-10-24-19(12-6-8-13(21)9-7-12)16-17(22-23-18(16)20(24)26)14-4-2-3-5-15(14)25/h2-9,19,25H,10-11H2,1H3,(H,22,23)/t19-/m0/s1. The number of methoxy groups -OCH3 is 1. The van der Waals surface area contributed by atoms with Crippen LogP contribution in [0.4, 0.5) is 0 Å². The number of halogens is 1. The molecule has 3 aromatic rings. The first-order valence-electron chi connectivity index (χ1n) is 8.53. The van der Waals surface area contributed by atoms with Gasteiger partial charge in [0, 0.05) is 29.8 Å². The number of benzene rings is 2. The van der Waals surface area contributed by atoms with Crippen LogP contribution >= 0.6 is 11.6 Å².